The topological polar surface area (TPSA) is 86.8 Å². The molecule has 0 aliphatic heterocycles. The van der Waals surface area contributed by atoms with Crippen LogP contribution in [0.3, 0.4) is 0 Å². The van der Waals surface area contributed by atoms with Gasteiger partial charge in [0.2, 0.25) is 21.8 Å². The van der Waals surface area contributed by atoms with E-state index in [4.69, 9.17) is 11.6 Å². The van der Waals surface area contributed by atoms with Gasteiger partial charge < -0.3 is 10.2 Å². The molecule has 0 aliphatic rings. The van der Waals surface area contributed by atoms with Gasteiger partial charge in [-0.05, 0) is 55.2 Å². The number of hydrogen-bond acceptors (Lipinski definition) is 4. The third kappa shape index (κ3) is 7.71. The van der Waals surface area contributed by atoms with Gasteiger partial charge >= 0.3 is 0 Å². The maximum absolute atomic E-state index is 13.5. The highest BCUT2D eigenvalue weighted by Crippen LogP contribution is 2.28. The van der Waals surface area contributed by atoms with Crippen molar-refractivity contribution in [3.8, 4) is 0 Å². The minimum Gasteiger partial charge on any atom is -0.354 e. The van der Waals surface area contributed by atoms with E-state index in [2.05, 4.69) is 21.2 Å². The van der Waals surface area contributed by atoms with Gasteiger partial charge in [0.15, 0.2) is 0 Å². The first-order chi connectivity index (χ1) is 15.8. The monoisotopic (exact) mass is 571 g/mol. The van der Waals surface area contributed by atoms with Crippen LogP contribution in [0.25, 0.3) is 0 Å². The second kappa shape index (κ2) is 12.0. The van der Waals surface area contributed by atoms with Crippen LogP contribution in [-0.4, -0.2) is 50.5 Å². The second-order valence-electron chi connectivity index (χ2n) is 8.62. The van der Waals surface area contributed by atoms with Crippen LogP contribution in [0.5, 0.6) is 0 Å². The van der Waals surface area contributed by atoms with Crippen molar-refractivity contribution in [2.24, 2.45) is 5.92 Å². The Morgan fingerprint density at radius 3 is 2.26 bits per heavy atom. The van der Waals surface area contributed by atoms with Crippen molar-refractivity contribution in [2.45, 2.75) is 40.3 Å². The molecule has 7 nitrogen and oxygen atoms in total. The van der Waals surface area contributed by atoms with Gasteiger partial charge in [0.05, 0.1) is 11.9 Å². The maximum Gasteiger partial charge on any atom is 0.244 e. The quantitative estimate of drug-likeness (QED) is 0.458. The van der Waals surface area contributed by atoms with Crippen LogP contribution in [0.2, 0.25) is 5.02 Å². The number of nitrogens with zero attached hydrogens (tertiary/aromatic N) is 2. The number of benzene rings is 2. The van der Waals surface area contributed by atoms with E-state index in [1.807, 2.05) is 38.1 Å². The predicted octanol–water partition coefficient (Wildman–Crippen LogP) is 4.37. The van der Waals surface area contributed by atoms with Crippen LogP contribution in [0, 0.1) is 12.8 Å². The second-order valence-corrected chi connectivity index (χ2v) is 11.8. The summed E-state index contributed by atoms with van der Waals surface area (Å²) in [6, 6.07) is 11.5. The number of anilines is 1. The summed E-state index contributed by atoms with van der Waals surface area (Å²) in [7, 11) is -3.81. The highest BCUT2D eigenvalue weighted by atomic mass is 79.9. The molecule has 0 aliphatic carbocycles. The summed E-state index contributed by atoms with van der Waals surface area (Å²) in [6.07, 6.45) is 1.04. The molecular formula is C24H31BrClN3O4S. The average Bonchev–Trinajstić information content (AvgIpc) is 2.76. The van der Waals surface area contributed by atoms with Crippen molar-refractivity contribution >= 4 is 55.1 Å². The van der Waals surface area contributed by atoms with E-state index >= 15 is 0 Å². The third-order valence-corrected chi connectivity index (χ3v) is 7.37. The molecule has 34 heavy (non-hydrogen) atoms. The van der Waals surface area contributed by atoms with E-state index in [1.165, 1.54) is 4.90 Å². The van der Waals surface area contributed by atoms with Gasteiger partial charge in [0.25, 0.3) is 0 Å². The molecule has 2 rings (SSSR count). The molecule has 1 N–H and O–H groups in total. The lowest BCUT2D eigenvalue weighted by Crippen LogP contribution is -2.51. The summed E-state index contributed by atoms with van der Waals surface area (Å²) in [5, 5.41) is 3.25. The predicted molar refractivity (Wildman–Crippen MR) is 140 cm³/mol. The molecule has 0 radical (unpaired) electrons. The average molecular weight is 573 g/mol. The Hall–Kier alpha value is -2.10. The SMILES string of the molecule is Cc1c(Cl)cccc1N(CC(=O)N(Cc1ccc(Br)cc1)[C@H](C)C(=O)NCC(C)C)S(C)(=O)=O. The Balaban J connectivity index is 2.40. The van der Waals surface area contributed by atoms with E-state index in [0.717, 1.165) is 20.6 Å². The number of carbonyl (C=O) groups excluding carboxylic acids is 2. The summed E-state index contributed by atoms with van der Waals surface area (Å²) in [5.74, 6) is -0.553. The molecule has 0 saturated heterocycles. The first-order valence-corrected chi connectivity index (χ1v) is 13.9. The molecule has 10 heteroatoms. The fourth-order valence-corrected chi connectivity index (χ4v) is 4.62. The summed E-state index contributed by atoms with van der Waals surface area (Å²) in [4.78, 5) is 27.7. The molecule has 2 aromatic rings. The molecule has 0 aromatic heterocycles. The van der Waals surface area contributed by atoms with E-state index in [9.17, 15) is 18.0 Å². The summed E-state index contributed by atoms with van der Waals surface area (Å²) in [6.45, 7) is 7.46. The standard InChI is InChI=1S/C24H31BrClN3O4S/c1-16(2)13-27-24(31)18(4)28(14-19-9-11-20(25)12-10-19)23(30)15-29(34(5,32)33)22-8-6-7-21(26)17(22)3/h6-12,16,18H,13-15H2,1-5H3,(H,27,31)/t18-/m1/s1. The van der Waals surface area contributed by atoms with E-state index < -0.39 is 28.5 Å². The fourth-order valence-electron chi connectivity index (χ4n) is 3.28. The van der Waals surface area contributed by atoms with Crippen molar-refractivity contribution in [2.75, 3.05) is 23.7 Å². The maximum atomic E-state index is 13.5. The normalized spacial score (nSPS) is 12.4. The number of amides is 2. The molecule has 0 spiro atoms. The van der Waals surface area contributed by atoms with Gasteiger partial charge in [-0.2, -0.15) is 0 Å². The van der Waals surface area contributed by atoms with Gasteiger partial charge in [0.1, 0.15) is 12.6 Å². The van der Waals surface area contributed by atoms with Crippen molar-refractivity contribution in [3.05, 3.63) is 63.1 Å². The zero-order valence-electron chi connectivity index (χ0n) is 20.0. The smallest absolute Gasteiger partial charge is 0.244 e. The molecule has 0 fully saturated rings. The zero-order chi connectivity index (χ0) is 25.6. The van der Waals surface area contributed by atoms with Crippen LogP contribution in [0.15, 0.2) is 46.9 Å². The minimum absolute atomic E-state index is 0.147. The molecule has 0 heterocycles. The Labute approximate surface area is 215 Å². The van der Waals surface area contributed by atoms with Crippen LogP contribution in [0.4, 0.5) is 5.69 Å². The number of nitrogens with one attached hydrogen (secondary N) is 1. The van der Waals surface area contributed by atoms with E-state index in [1.54, 1.807) is 32.0 Å². The summed E-state index contributed by atoms with van der Waals surface area (Å²) in [5.41, 5.74) is 1.68. The van der Waals surface area contributed by atoms with Gasteiger partial charge in [-0.1, -0.05) is 59.6 Å². The number of rotatable bonds is 10. The fraction of sp³-hybridized carbons (Fsp3) is 0.417. The van der Waals surface area contributed by atoms with E-state index in [0.29, 0.717) is 22.8 Å². The van der Waals surface area contributed by atoms with Gasteiger partial charge in [-0.25, -0.2) is 8.42 Å². The lowest BCUT2D eigenvalue weighted by atomic mass is 10.1. The molecule has 0 saturated carbocycles. The van der Waals surface area contributed by atoms with Crippen LogP contribution >= 0.6 is 27.5 Å². The van der Waals surface area contributed by atoms with Gasteiger partial charge in [-0.15, -0.1) is 0 Å². The van der Waals surface area contributed by atoms with Gasteiger partial charge in [-0.3, -0.25) is 13.9 Å². The highest BCUT2D eigenvalue weighted by molar-refractivity contribution is 9.10. The van der Waals surface area contributed by atoms with Crippen molar-refractivity contribution in [3.63, 3.8) is 0 Å². The summed E-state index contributed by atoms with van der Waals surface area (Å²) < 4.78 is 27.2. The van der Waals surface area contributed by atoms with Crippen molar-refractivity contribution in [1.29, 1.82) is 0 Å². The van der Waals surface area contributed by atoms with Gasteiger partial charge in [0, 0.05) is 22.6 Å². The first-order valence-electron chi connectivity index (χ1n) is 10.9. The molecule has 1 atom stereocenters. The number of halogens is 2. The zero-order valence-corrected chi connectivity index (χ0v) is 23.2. The third-order valence-electron chi connectivity index (χ3n) is 5.31. The number of sulfonamides is 1. The van der Waals surface area contributed by atoms with Crippen LogP contribution < -0.4 is 9.62 Å². The molecule has 2 aromatic carbocycles. The van der Waals surface area contributed by atoms with Crippen LogP contribution in [-0.2, 0) is 26.2 Å². The molecular weight excluding hydrogens is 542 g/mol. The highest BCUT2D eigenvalue weighted by Gasteiger charge is 2.30. The van der Waals surface area contributed by atoms with E-state index in [-0.39, 0.29) is 18.4 Å². The Kier molecular flexibility index (Phi) is 9.96. The van der Waals surface area contributed by atoms with Crippen LogP contribution in [0.1, 0.15) is 31.9 Å². The molecule has 0 bridgehead atoms. The lowest BCUT2D eigenvalue weighted by Gasteiger charge is -2.32. The first kappa shape index (κ1) is 28.1. The minimum atomic E-state index is -3.81. The Morgan fingerprint density at radius 2 is 1.71 bits per heavy atom. The Bertz CT molecular complexity index is 1120. The molecule has 186 valence electrons. The Morgan fingerprint density at radius 1 is 1.09 bits per heavy atom. The van der Waals surface area contributed by atoms with Crippen molar-refractivity contribution < 1.29 is 18.0 Å². The largest absolute Gasteiger partial charge is 0.354 e. The number of carbonyl (C=O) groups is 2. The summed E-state index contributed by atoms with van der Waals surface area (Å²) >= 11 is 9.60. The molecule has 2 amide bonds. The van der Waals surface area contributed by atoms with Crippen molar-refractivity contribution in [1.82, 2.24) is 10.2 Å². The molecule has 0 unspecified atom stereocenters. The number of hydrogen-bond donors (Lipinski definition) is 1. The lowest BCUT2D eigenvalue weighted by molar-refractivity contribution is -0.139.